The predicted molar refractivity (Wildman–Crippen MR) is 151 cm³/mol. The van der Waals surface area contributed by atoms with Crippen molar-refractivity contribution in [2.45, 2.75) is 53.6 Å². The van der Waals surface area contributed by atoms with Crippen LogP contribution in [0.4, 0.5) is 0 Å². The molecule has 0 saturated carbocycles. The summed E-state index contributed by atoms with van der Waals surface area (Å²) in [5.74, 6) is 1.55. The fraction of sp³-hybridized carbons (Fsp3) is 0.310. The molecule has 0 bridgehead atoms. The van der Waals surface area contributed by atoms with Gasteiger partial charge < -0.3 is 9.47 Å². The van der Waals surface area contributed by atoms with Crippen LogP contribution in [0.3, 0.4) is 0 Å². The summed E-state index contributed by atoms with van der Waals surface area (Å²) < 4.78 is 10.2. The summed E-state index contributed by atoms with van der Waals surface area (Å²) in [6.45, 7) is 9.40. The highest BCUT2D eigenvalue weighted by Crippen LogP contribution is 2.43. The first-order chi connectivity index (χ1) is 16.1. The summed E-state index contributed by atoms with van der Waals surface area (Å²) >= 11 is 0. The normalized spacial score (nSPS) is 18.1. The summed E-state index contributed by atoms with van der Waals surface area (Å²) in [6.07, 6.45) is 6.98. The number of hydrogen-bond acceptors (Lipinski definition) is 4. The molecular formula is C29H34BrO4P. The first kappa shape index (κ1) is 28.7. The van der Waals surface area contributed by atoms with Crippen LogP contribution >= 0.6 is 26.2 Å². The van der Waals surface area contributed by atoms with Gasteiger partial charge in [0.05, 0.1) is 0 Å². The fourth-order valence-electron chi connectivity index (χ4n) is 4.08. The number of esters is 1. The van der Waals surface area contributed by atoms with E-state index < -0.39 is 12.1 Å². The van der Waals surface area contributed by atoms with Crippen molar-refractivity contribution in [3.8, 4) is 11.5 Å². The molecule has 2 atom stereocenters. The van der Waals surface area contributed by atoms with Crippen molar-refractivity contribution in [3.05, 3.63) is 89.0 Å². The Kier molecular flexibility index (Phi) is 10.2. The van der Waals surface area contributed by atoms with Crippen molar-refractivity contribution in [3.63, 3.8) is 0 Å². The Hall–Kier alpha value is -2.49. The lowest BCUT2D eigenvalue weighted by atomic mass is 9.71. The zero-order valence-corrected chi connectivity index (χ0v) is 23.8. The van der Waals surface area contributed by atoms with Crippen LogP contribution in [0, 0.1) is 5.41 Å². The van der Waals surface area contributed by atoms with Gasteiger partial charge in [-0.2, -0.15) is 0 Å². The van der Waals surface area contributed by atoms with Gasteiger partial charge in [-0.3, -0.25) is 9.59 Å². The summed E-state index contributed by atoms with van der Waals surface area (Å²) in [4.78, 5) is 23.8. The van der Waals surface area contributed by atoms with Gasteiger partial charge in [-0.05, 0) is 59.8 Å². The Morgan fingerprint density at radius 1 is 1.11 bits per heavy atom. The molecule has 0 radical (unpaired) electrons. The van der Waals surface area contributed by atoms with E-state index in [-0.39, 0.29) is 28.2 Å². The molecule has 2 aliphatic rings. The van der Waals surface area contributed by atoms with Gasteiger partial charge in [0.1, 0.15) is 0 Å². The molecule has 1 heterocycles. The molecule has 2 unspecified atom stereocenters. The maximum Gasteiger partial charge on any atom is 0.303 e. The van der Waals surface area contributed by atoms with Crippen LogP contribution in [0.1, 0.15) is 46.6 Å². The van der Waals surface area contributed by atoms with E-state index in [4.69, 9.17) is 9.47 Å². The Morgan fingerprint density at radius 3 is 2.29 bits per heavy atom. The molecule has 0 N–H and O–H groups in total. The number of rotatable bonds is 5. The van der Waals surface area contributed by atoms with E-state index in [9.17, 15) is 9.59 Å². The number of hydrogen-bond donors (Lipinski definition) is 0. The van der Waals surface area contributed by atoms with E-state index in [1.165, 1.54) is 17.8 Å². The number of carbonyl (C=O) groups is 2. The lowest BCUT2D eigenvalue weighted by molar-refractivity contribution is -0.153. The standard InChI is InChI=1S/C23H29O3P.C6H4O.BrH/c1-15(10-12-18-8-6-7-9-21(18)27)11-13-19-16(2)22(25)20(26-17(3)24)14-23(19,4)5;1-2-4-6-5(3-1)7-6;/h6-11,13,20H,12,14,27H2,1-5H3;1-4H;1H. The third-order valence-corrected chi connectivity index (χ3v) is 6.60. The molecular weight excluding hydrogens is 523 g/mol. The topological polar surface area (TPSA) is 55.9 Å². The van der Waals surface area contributed by atoms with Crippen LogP contribution in [0.25, 0.3) is 0 Å². The van der Waals surface area contributed by atoms with Gasteiger partial charge in [0.15, 0.2) is 23.4 Å². The summed E-state index contributed by atoms with van der Waals surface area (Å²) in [5, 5.41) is 1.21. The molecule has 4 rings (SSSR count). The number of allylic oxidation sites excluding steroid dienone is 5. The number of ether oxygens (including phenoxy) is 2. The average molecular weight is 557 g/mol. The molecule has 186 valence electrons. The van der Waals surface area contributed by atoms with Gasteiger partial charge in [-0.15, -0.1) is 26.2 Å². The number of benzene rings is 2. The molecule has 0 amide bonds. The van der Waals surface area contributed by atoms with Crippen LogP contribution in [0.15, 0.2) is 83.5 Å². The predicted octanol–water partition coefficient (Wildman–Crippen LogP) is 6.85. The lowest BCUT2D eigenvalue weighted by Gasteiger charge is -2.36. The largest absolute Gasteiger partial charge is 0.454 e. The second-order valence-corrected chi connectivity index (χ2v) is 9.94. The summed E-state index contributed by atoms with van der Waals surface area (Å²) in [6, 6.07) is 16.1. The van der Waals surface area contributed by atoms with Crippen LogP contribution in [-0.4, -0.2) is 17.9 Å². The van der Waals surface area contributed by atoms with Gasteiger partial charge in [0.25, 0.3) is 0 Å². The van der Waals surface area contributed by atoms with Crippen LogP contribution in [0.2, 0.25) is 0 Å². The number of para-hydroxylation sites is 2. The number of carbonyl (C=O) groups excluding carboxylic acids is 2. The Morgan fingerprint density at radius 2 is 1.71 bits per heavy atom. The molecule has 2 aromatic rings. The fourth-order valence-corrected chi connectivity index (χ4v) is 4.40. The second kappa shape index (κ2) is 12.5. The first-order valence-electron chi connectivity index (χ1n) is 11.5. The van der Waals surface area contributed by atoms with Crippen molar-refractivity contribution in [1.29, 1.82) is 0 Å². The minimum atomic E-state index is -0.676. The second-order valence-electron chi connectivity index (χ2n) is 9.32. The molecule has 1 aliphatic carbocycles. The third kappa shape index (κ3) is 8.02. The lowest BCUT2D eigenvalue weighted by Crippen LogP contribution is -2.38. The number of ketones is 1. The summed E-state index contributed by atoms with van der Waals surface area (Å²) in [5.41, 5.74) is 3.88. The first-order valence-corrected chi connectivity index (χ1v) is 12.0. The molecule has 2 aromatic carbocycles. The smallest absolute Gasteiger partial charge is 0.303 e. The van der Waals surface area contributed by atoms with E-state index in [0.717, 1.165) is 29.1 Å². The minimum absolute atomic E-state index is 0. The molecule has 35 heavy (non-hydrogen) atoms. The molecule has 0 aromatic heterocycles. The molecule has 4 nitrogen and oxygen atoms in total. The highest BCUT2D eigenvalue weighted by molar-refractivity contribution is 8.93. The van der Waals surface area contributed by atoms with Crippen LogP contribution < -0.4 is 10.0 Å². The summed E-state index contributed by atoms with van der Waals surface area (Å²) in [7, 11) is 2.77. The molecule has 0 fully saturated rings. The van der Waals surface area contributed by atoms with Crippen molar-refractivity contribution >= 4 is 43.3 Å². The number of halogens is 1. The quantitative estimate of drug-likeness (QED) is 0.149. The number of Topliss-reactive ketones (excluding diaryl/α,β-unsaturated/α-hetero) is 1. The van der Waals surface area contributed by atoms with Gasteiger partial charge in [0, 0.05) is 13.3 Å². The molecule has 1 aliphatic heterocycles. The van der Waals surface area contributed by atoms with Crippen molar-refractivity contribution in [1.82, 2.24) is 0 Å². The van der Waals surface area contributed by atoms with Crippen molar-refractivity contribution < 1.29 is 19.1 Å². The Balaban J connectivity index is 0.000000454. The Labute approximate surface area is 221 Å². The third-order valence-electron chi connectivity index (χ3n) is 6.04. The van der Waals surface area contributed by atoms with E-state index in [0.29, 0.717) is 12.0 Å². The zero-order valence-electron chi connectivity index (χ0n) is 21.0. The van der Waals surface area contributed by atoms with E-state index in [1.807, 2.05) is 49.4 Å². The highest BCUT2D eigenvalue weighted by atomic mass is 79.9. The maximum absolute atomic E-state index is 12.6. The maximum atomic E-state index is 12.6. The molecule has 0 saturated heterocycles. The number of fused-ring (bicyclic) bond motifs is 1. The van der Waals surface area contributed by atoms with E-state index in [2.05, 4.69) is 54.3 Å². The highest BCUT2D eigenvalue weighted by Gasteiger charge is 2.39. The van der Waals surface area contributed by atoms with Gasteiger partial charge in [-0.25, -0.2) is 0 Å². The monoisotopic (exact) mass is 556 g/mol. The van der Waals surface area contributed by atoms with Crippen molar-refractivity contribution in [2.75, 3.05) is 0 Å². The van der Waals surface area contributed by atoms with Gasteiger partial charge >= 0.3 is 5.97 Å². The van der Waals surface area contributed by atoms with E-state index >= 15 is 0 Å². The van der Waals surface area contributed by atoms with Crippen molar-refractivity contribution in [2.24, 2.45) is 5.41 Å². The minimum Gasteiger partial charge on any atom is -0.454 e. The van der Waals surface area contributed by atoms with Gasteiger partial charge in [-0.1, -0.05) is 74.0 Å². The van der Waals surface area contributed by atoms with E-state index in [1.54, 1.807) is 0 Å². The van der Waals surface area contributed by atoms with Gasteiger partial charge in [0.2, 0.25) is 0 Å². The molecule has 0 spiro atoms. The SMILES string of the molecule is Br.CC(=O)OC1CC(C)(C)C(C=CC(C)=CCc2ccccc2P)=C(C)C1=O.c1ccc2c(c1)O2. The van der Waals surface area contributed by atoms with Crippen LogP contribution in [-0.2, 0) is 20.7 Å². The Bertz CT molecular complexity index is 1160. The average Bonchev–Trinajstić information content (AvgIpc) is 3.56. The van der Waals surface area contributed by atoms with Crippen LogP contribution in [0.5, 0.6) is 11.5 Å². The molecule has 6 heteroatoms. The zero-order chi connectivity index (χ0) is 24.9.